The maximum absolute atomic E-state index is 12.8. The van der Waals surface area contributed by atoms with Gasteiger partial charge in [0.2, 0.25) is 5.78 Å². The number of benzene rings is 2. The van der Waals surface area contributed by atoms with Crippen molar-refractivity contribution >= 4 is 34.1 Å². The Kier molecular flexibility index (Phi) is 4.20. The lowest BCUT2D eigenvalue weighted by Crippen LogP contribution is -2.24. The minimum absolute atomic E-state index is 0.251. The van der Waals surface area contributed by atoms with Crippen LogP contribution in [0.4, 0.5) is 0 Å². The van der Waals surface area contributed by atoms with Gasteiger partial charge >= 0.3 is 0 Å². The molecule has 0 aliphatic rings. The van der Waals surface area contributed by atoms with Crippen molar-refractivity contribution in [3.63, 3.8) is 0 Å². The molecule has 1 unspecified atom stereocenters. The van der Waals surface area contributed by atoms with Crippen LogP contribution in [0.2, 0.25) is 5.02 Å². The van der Waals surface area contributed by atoms with Gasteiger partial charge in [0.25, 0.3) is 0 Å². The monoisotopic (exact) mass is 336 g/mol. The number of fused-ring (bicyclic) bond motifs is 1. The average molecular weight is 337 g/mol. The number of halogens is 1. The number of carbonyl (C=O) groups is 2. The first-order chi connectivity index (χ1) is 11.5. The number of nitrogens with zero attached hydrogens (tertiary/aromatic N) is 2. The summed E-state index contributed by atoms with van der Waals surface area (Å²) in [5, 5.41) is 10.7. The van der Waals surface area contributed by atoms with E-state index in [1.54, 1.807) is 35.9 Å². The summed E-state index contributed by atoms with van der Waals surface area (Å²) in [7, 11) is 1.74. The maximum atomic E-state index is 12.8. The van der Waals surface area contributed by atoms with Crippen LogP contribution in [0.1, 0.15) is 20.8 Å². The fraction of sp³-hybridized carbons (Fsp3) is 0.105. The molecule has 2 aromatic carbocycles. The molecular formula is C19H13ClN2O2. The zero-order valence-electron chi connectivity index (χ0n) is 12.9. The third-order valence-electron chi connectivity index (χ3n) is 3.97. The van der Waals surface area contributed by atoms with Crippen molar-refractivity contribution in [3.8, 4) is 6.07 Å². The van der Waals surface area contributed by atoms with Crippen LogP contribution in [0, 0.1) is 17.2 Å². The van der Waals surface area contributed by atoms with Crippen molar-refractivity contribution in [1.29, 1.82) is 5.26 Å². The molecule has 0 radical (unpaired) electrons. The van der Waals surface area contributed by atoms with Crippen LogP contribution in [-0.2, 0) is 7.05 Å². The molecule has 1 heterocycles. The van der Waals surface area contributed by atoms with Gasteiger partial charge in [0.05, 0.1) is 11.8 Å². The van der Waals surface area contributed by atoms with Gasteiger partial charge in [0.15, 0.2) is 11.7 Å². The van der Waals surface area contributed by atoms with Crippen LogP contribution in [0.3, 0.4) is 0 Å². The molecule has 4 nitrogen and oxygen atoms in total. The maximum Gasteiger partial charge on any atom is 0.204 e. The number of hydrogen-bond acceptors (Lipinski definition) is 3. The van der Waals surface area contributed by atoms with Gasteiger partial charge in [-0.1, -0.05) is 41.9 Å². The van der Waals surface area contributed by atoms with E-state index in [-0.39, 0.29) is 5.56 Å². The van der Waals surface area contributed by atoms with Crippen molar-refractivity contribution in [2.24, 2.45) is 13.0 Å². The summed E-state index contributed by atoms with van der Waals surface area (Å²) in [4.78, 5) is 25.3. The van der Waals surface area contributed by atoms with Gasteiger partial charge in [-0.15, -0.1) is 0 Å². The molecule has 0 saturated heterocycles. The van der Waals surface area contributed by atoms with E-state index in [0.717, 1.165) is 10.9 Å². The lowest BCUT2D eigenvalue weighted by atomic mass is 9.93. The van der Waals surface area contributed by atoms with Gasteiger partial charge in [-0.05, 0) is 24.3 Å². The van der Waals surface area contributed by atoms with E-state index in [2.05, 4.69) is 0 Å². The largest absolute Gasteiger partial charge is 0.341 e. The summed E-state index contributed by atoms with van der Waals surface area (Å²) in [5.41, 5.74) is 1.45. The predicted octanol–water partition coefficient (Wildman–Crippen LogP) is 4.04. The van der Waals surface area contributed by atoms with Crippen LogP contribution in [0.15, 0.2) is 54.6 Å². The molecular weight excluding hydrogens is 324 g/mol. The van der Waals surface area contributed by atoms with Crippen LogP contribution >= 0.6 is 11.6 Å². The number of Topliss-reactive ketones (excluding diaryl/α,β-unsaturated/α-hetero) is 2. The Morgan fingerprint density at radius 2 is 1.83 bits per heavy atom. The molecule has 5 heteroatoms. The second-order valence-electron chi connectivity index (χ2n) is 5.45. The van der Waals surface area contributed by atoms with E-state index in [9.17, 15) is 14.9 Å². The Balaban J connectivity index is 2.01. The molecule has 0 fully saturated rings. The Morgan fingerprint density at radius 1 is 1.08 bits per heavy atom. The van der Waals surface area contributed by atoms with Crippen LogP contribution in [0.5, 0.6) is 0 Å². The van der Waals surface area contributed by atoms with Crippen molar-refractivity contribution < 1.29 is 9.59 Å². The molecule has 0 saturated carbocycles. The molecule has 0 spiro atoms. The van der Waals surface area contributed by atoms with E-state index >= 15 is 0 Å². The van der Waals surface area contributed by atoms with E-state index in [0.29, 0.717) is 10.7 Å². The first-order valence-electron chi connectivity index (χ1n) is 7.31. The van der Waals surface area contributed by atoms with Gasteiger partial charge in [-0.3, -0.25) is 9.59 Å². The number of para-hydroxylation sites is 1. The number of aromatic nitrogens is 1. The highest BCUT2D eigenvalue weighted by molar-refractivity contribution is 6.31. The second kappa shape index (κ2) is 6.31. The van der Waals surface area contributed by atoms with Gasteiger partial charge in [0, 0.05) is 28.5 Å². The van der Waals surface area contributed by atoms with Crippen molar-refractivity contribution in [3.05, 3.63) is 70.9 Å². The molecule has 0 bridgehead atoms. The lowest BCUT2D eigenvalue weighted by molar-refractivity contribution is 0.0841. The Bertz CT molecular complexity index is 998. The third kappa shape index (κ3) is 2.70. The fourth-order valence-electron chi connectivity index (χ4n) is 2.72. The molecule has 0 aliphatic carbocycles. The molecule has 1 atom stereocenters. The zero-order chi connectivity index (χ0) is 17.3. The van der Waals surface area contributed by atoms with Crippen molar-refractivity contribution in [2.75, 3.05) is 0 Å². The smallest absolute Gasteiger partial charge is 0.204 e. The lowest BCUT2D eigenvalue weighted by Gasteiger charge is -2.09. The summed E-state index contributed by atoms with van der Waals surface area (Å²) < 4.78 is 1.70. The second-order valence-corrected chi connectivity index (χ2v) is 5.88. The number of carbonyl (C=O) groups excluding carboxylic acids is 2. The normalized spacial score (nSPS) is 11.9. The topological polar surface area (TPSA) is 62.9 Å². The van der Waals surface area contributed by atoms with Gasteiger partial charge in [0.1, 0.15) is 0 Å². The average Bonchev–Trinajstić information content (AvgIpc) is 2.92. The summed E-state index contributed by atoms with van der Waals surface area (Å²) in [6.45, 7) is 0. The molecule has 1 aromatic heterocycles. The summed E-state index contributed by atoms with van der Waals surface area (Å²) in [5.74, 6) is -2.46. The van der Waals surface area contributed by atoms with Gasteiger partial charge < -0.3 is 4.57 Å². The summed E-state index contributed by atoms with van der Waals surface area (Å²) in [6, 6.07) is 17.3. The molecule has 3 aromatic rings. The molecule has 0 N–H and O–H groups in total. The molecule has 0 aliphatic heterocycles. The SMILES string of the molecule is Cn1c(C(=O)C(C#N)C(=O)c2cccc(Cl)c2)cc2ccccc21. The number of aryl methyl sites for hydroxylation is 1. The van der Waals surface area contributed by atoms with Gasteiger partial charge in [-0.25, -0.2) is 0 Å². The van der Waals surface area contributed by atoms with Crippen LogP contribution in [0.25, 0.3) is 10.9 Å². The minimum Gasteiger partial charge on any atom is -0.341 e. The molecule has 0 amide bonds. The summed E-state index contributed by atoms with van der Waals surface area (Å²) >= 11 is 5.89. The van der Waals surface area contributed by atoms with Crippen LogP contribution < -0.4 is 0 Å². The molecule has 24 heavy (non-hydrogen) atoms. The highest BCUT2D eigenvalue weighted by atomic mass is 35.5. The predicted molar refractivity (Wildman–Crippen MR) is 92.1 cm³/mol. The first-order valence-corrected chi connectivity index (χ1v) is 7.69. The number of ketones is 2. The third-order valence-corrected chi connectivity index (χ3v) is 4.20. The zero-order valence-corrected chi connectivity index (χ0v) is 13.6. The highest BCUT2D eigenvalue weighted by Crippen LogP contribution is 2.23. The Morgan fingerprint density at radius 3 is 2.50 bits per heavy atom. The standard InChI is InChI=1S/C19H13ClN2O2/c1-22-16-8-3-2-5-12(16)10-17(22)19(24)15(11-21)18(23)13-6-4-7-14(20)9-13/h2-10,15H,1H3. The van der Waals surface area contributed by atoms with E-state index in [1.807, 2.05) is 30.3 Å². The fourth-order valence-corrected chi connectivity index (χ4v) is 2.91. The summed E-state index contributed by atoms with van der Waals surface area (Å²) in [6.07, 6.45) is 0. The van der Waals surface area contributed by atoms with E-state index < -0.39 is 17.5 Å². The van der Waals surface area contributed by atoms with E-state index in [1.165, 1.54) is 6.07 Å². The van der Waals surface area contributed by atoms with Gasteiger partial charge in [-0.2, -0.15) is 5.26 Å². The van der Waals surface area contributed by atoms with Crippen LogP contribution in [-0.4, -0.2) is 16.1 Å². The quantitative estimate of drug-likeness (QED) is 0.533. The van der Waals surface area contributed by atoms with E-state index in [4.69, 9.17) is 11.6 Å². The Hall–Kier alpha value is -2.90. The Labute approximate surface area is 143 Å². The van der Waals surface area contributed by atoms with Crippen molar-refractivity contribution in [2.45, 2.75) is 0 Å². The number of nitriles is 1. The first kappa shape index (κ1) is 16.0. The molecule has 3 rings (SSSR count). The molecule has 118 valence electrons. The number of rotatable bonds is 4. The van der Waals surface area contributed by atoms with Crippen molar-refractivity contribution in [1.82, 2.24) is 4.57 Å². The number of hydrogen-bond donors (Lipinski definition) is 0. The minimum atomic E-state index is -1.40. The highest BCUT2D eigenvalue weighted by Gasteiger charge is 2.30.